The van der Waals surface area contributed by atoms with E-state index >= 15 is 0 Å². The van der Waals surface area contributed by atoms with Crippen molar-refractivity contribution in [3.63, 3.8) is 0 Å². The van der Waals surface area contributed by atoms with E-state index in [4.69, 9.17) is 10.5 Å². The third-order valence-corrected chi connectivity index (χ3v) is 5.34. The van der Waals surface area contributed by atoms with E-state index in [9.17, 15) is 13.2 Å². The van der Waals surface area contributed by atoms with Crippen LogP contribution in [0.4, 0.5) is 11.4 Å². The van der Waals surface area contributed by atoms with E-state index in [1.807, 2.05) is 0 Å². The number of anilines is 2. The molecule has 7 nitrogen and oxygen atoms in total. The zero-order chi connectivity index (χ0) is 17.1. The Morgan fingerprint density at radius 2 is 2.00 bits per heavy atom. The summed E-state index contributed by atoms with van der Waals surface area (Å²) in [6, 6.07) is 4.75. The quantitative estimate of drug-likeness (QED) is 0.729. The molecular weight excluding hydrogens is 318 g/mol. The van der Waals surface area contributed by atoms with Gasteiger partial charge in [-0.3, -0.25) is 9.52 Å². The van der Waals surface area contributed by atoms with Gasteiger partial charge in [0.2, 0.25) is 15.9 Å². The van der Waals surface area contributed by atoms with Gasteiger partial charge in [0.1, 0.15) is 5.75 Å². The largest absolute Gasteiger partial charge is 0.494 e. The first-order valence-corrected chi connectivity index (χ1v) is 9.24. The number of sulfonamides is 1. The first-order chi connectivity index (χ1) is 10.8. The van der Waals surface area contributed by atoms with Crippen molar-refractivity contribution in [3.05, 3.63) is 18.2 Å². The number of ether oxygens (including phenoxy) is 1. The predicted octanol–water partition coefficient (Wildman–Crippen LogP) is 1.67. The molecule has 0 aliphatic heterocycles. The summed E-state index contributed by atoms with van der Waals surface area (Å²) in [6.45, 7) is 1.55. The highest BCUT2D eigenvalue weighted by Crippen LogP contribution is 2.31. The Bertz CT molecular complexity index is 682. The first-order valence-electron chi connectivity index (χ1n) is 7.58. The zero-order valence-electron chi connectivity index (χ0n) is 13.4. The number of nitrogens with two attached hydrogens (primary N) is 1. The second-order valence-electron chi connectivity index (χ2n) is 5.74. The number of hydrogen-bond acceptors (Lipinski definition) is 5. The fourth-order valence-electron chi connectivity index (χ4n) is 2.58. The lowest BCUT2D eigenvalue weighted by molar-refractivity contribution is -0.121. The van der Waals surface area contributed by atoms with Crippen LogP contribution < -0.4 is 20.5 Å². The van der Waals surface area contributed by atoms with Gasteiger partial charge < -0.3 is 15.8 Å². The molecule has 0 radical (unpaired) electrons. The van der Waals surface area contributed by atoms with Crippen LogP contribution in [0.25, 0.3) is 0 Å². The lowest BCUT2D eigenvalue weighted by Crippen LogP contribution is -2.48. The summed E-state index contributed by atoms with van der Waals surface area (Å²) in [5, 5.41) is 2.78. The van der Waals surface area contributed by atoms with E-state index in [0.29, 0.717) is 30.0 Å². The fraction of sp³-hybridized carbons (Fsp3) is 0.533. The fourth-order valence-corrected chi connectivity index (χ4v) is 3.23. The highest BCUT2D eigenvalue weighted by molar-refractivity contribution is 7.92. The van der Waals surface area contributed by atoms with Crippen LogP contribution >= 0.6 is 0 Å². The number of rotatable bonds is 6. The molecular formula is C15H23N3O4S. The van der Waals surface area contributed by atoms with Crippen molar-refractivity contribution in [2.75, 3.05) is 22.9 Å². The Hall–Kier alpha value is -1.80. The number of amides is 1. The van der Waals surface area contributed by atoms with Crippen LogP contribution in [0.3, 0.4) is 0 Å². The summed E-state index contributed by atoms with van der Waals surface area (Å²) in [5.74, 6) is 0.0703. The van der Waals surface area contributed by atoms with Gasteiger partial charge in [0.15, 0.2) is 0 Å². The maximum atomic E-state index is 12.3. The van der Waals surface area contributed by atoms with Crippen molar-refractivity contribution < 1.29 is 17.9 Å². The van der Waals surface area contributed by atoms with Crippen molar-refractivity contribution >= 4 is 27.3 Å². The molecule has 128 valence electrons. The van der Waals surface area contributed by atoms with E-state index < -0.39 is 15.6 Å². The molecule has 0 bridgehead atoms. The third-order valence-electron chi connectivity index (χ3n) is 4.05. The molecule has 1 aromatic rings. The van der Waals surface area contributed by atoms with E-state index in [0.717, 1.165) is 12.8 Å². The van der Waals surface area contributed by atoms with Crippen molar-refractivity contribution in [1.82, 2.24) is 0 Å². The van der Waals surface area contributed by atoms with Gasteiger partial charge in [0.25, 0.3) is 0 Å². The van der Waals surface area contributed by atoms with Crippen molar-refractivity contribution in [3.8, 4) is 5.75 Å². The minimum absolute atomic E-state index is 0.0374. The number of nitrogens with one attached hydrogen (secondary N) is 2. The Morgan fingerprint density at radius 3 is 2.57 bits per heavy atom. The van der Waals surface area contributed by atoms with E-state index in [1.165, 1.54) is 7.11 Å². The molecule has 1 aliphatic rings. The van der Waals surface area contributed by atoms with Gasteiger partial charge in [-0.25, -0.2) is 8.42 Å². The van der Waals surface area contributed by atoms with Crippen LogP contribution in [0.15, 0.2) is 18.2 Å². The highest BCUT2D eigenvalue weighted by Gasteiger charge is 2.37. The SMILES string of the molecule is CCS(=O)(=O)Nc1ccc(NC(=O)C2(N)CCCC2)cc1OC. The lowest BCUT2D eigenvalue weighted by Gasteiger charge is -2.22. The Morgan fingerprint density at radius 1 is 1.35 bits per heavy atom. The second kappa shape index (κ2) is 6.76. The minimum atomic E-state index is -3.40. The molecule has 0 spiro atoms. The highest BCUT2D eigenvalue weighted by atomic mass is 32.2. The molecule has 4 N–H and O–H groups in total. The average molecular weight is 341 g/mol. The summed E-state index contributed by atoms with van der Waals surface area (Å²) < 4.78 is 31.0. The van der Waals surface area contributed by atoms with Gasteiger partial charge in [0, 0.05) is 11.8 Å². The Kier molecular flexibility index (Phi) is 5.16. The van der Waals surface area contributed by atoms with Crippen LogP contribution in [0.2, 0.25) is 0 Å². The Balaban J connectivity index is 2.17. The summed E-state index contributed by atoms with van der Waals surface area (Å²) >= 11 is 0. The molecule has 1 aromatic carbocycles. The van der Waals surface area contributed by atoms with Crippen molar-refractivity contribution in [1.29, 1.82) is 0 Å². The molecule has 0 saturated heterocycles. The van der Waals surface area contributed by atoms with Gasteiger partial charge in [-0.2, -0.15) is 0 Å². The maximum Gasteiger partial charge on any atom is 0.244 e. The normalized spacial score (nSPS) is 16.8. The smallest absolute Gasteiger partial charge is 0.244 e. The first kappa shape index (κ1) is 17.6. The van der Waals surface area contributed by atoms with E-state index in [1.54, 1.807) is 25.1 Å². The van der Waals surface area contributed by atoms with Crippen molar-refractivity contribution in [2.45, 2.75) is 38.1 Å². The molecule has 1 saturated carbocycles. The molecule has 8 heteroatoms. The van der Waals surface area contributed by atoms with Gasteiger partial charge in [-0.1, -0.05) is 12.8 Å². The minimum Gasteiger partial charge on any atom is -0.494 e. The molecule has 0 unspecified atom stereocenters. The summed E-state index contributed by atoms with van der Waals surface area (Å²) in [7, 11) is -1.96. The van der Waals surface area contributed by atoms with Crippen LogP contribution in [0.1, 0.15) is 32.6 Å². The molecule has 1 fully saturated rings. The standard InChI is InChI=1S/C15H23N3O4S/c1-3-23(20,21)18-12-7-6-11(10-13(12)22-2)17-14(19)15(16)8-4-5-9-15/h6-7,10,18H,3-5,8-9,16H2,1-2H3,(H,17,19). The molecule has 0 atom stereocenters. The van der Waals surface area contributed by atoms with Crippen LogP contribution in [0, 0.1) is 0 Å². The molecule has 23 heavy (non-hydrogen) atoms. The van der Waals surface area contributed by atoms with Gasteiger partial charge in [-0.15, -0.1) is 0 Å². The molecule has 0 aromatic heterocycles. The van der Waals surface area contributed by atoms with Gasteiger partial charge in [0.05, 0.1) is 24.1 Å². The number of methoxy groups -OCH3 is 1. The third kappa shape index (κ3) is 4.14. The number of carbonyl (C=O) groups is 1. The molecule has 0 heterocycles. The molecule has 2 rings (SSSR count). The van der Waals surface area contributed by atoms with Crippen LogP contribution in [0.5, 0.6) is 5.75 Å². The topological polar surface area (TPSA) is 111 Å². The van der Waals surface area contributed by atoms with Gasteiger partial charge in [-0.05, 0) is 31.9 Å². The number of hydrogen-bond donors (Lipinski definition) is 3. The molecule has 1 amide bonds. The zero-order valence-corrected chi connectivity index (χ0v) is 14.2. The average Bonchev–Trinajstić information content (AvgIpc) is 2.96. The van der Waals surface area contributed by atoms with Crippen molar-refractivity contribution in [2.24, 2.45) is 5.73 Å². The van der Waals surface area contributed by atoms with Crippen LogP contribution in [-0.4, -0.2) is 32.7 Å². The summed E-state index contributed by atoms with van der Waals surface area (Å²) in [4.78, 5) is 12.3. The van der Waals surface area contributed by atoms with Gasteiger partial charge >= 0.3 is 0 Å². The van der Waals surface area contributed by atoms with E-state index in [2.05, 4.69) is 10.0 Å². The van der Waals surface area contributed by atoms with Crippen LogP contribution in [-0.2, 0) is 14.8 Å². The predicted molar refractivity (Wildman–Crippen MR) is 90.1 cm³/mol. The maximum absolute atomic E-state index is 12.3. The number of carbonyl (C=O) groups excluding carboxylic acids is 1. The second-order valence-corrected chi connectivity index (χ2v) is 7.75. The van der Waals surface area contributed by atoms with E-state index in [-0.39, 0.29) is 11.7 Å². The summed E-state index contributed by atoms with van der Waals surface area (Å²) in [5.41, 5.74) is 6.14. The lowest BCUT2D eigenvalue weighted by atomic mass is 9.98. The monoisotopic (exact) mass is 341 g/mol. The summed E-state index contributed by atoms with van der Waals surface area (Å²) in [6.07, 6.45) is 3.24. The molecule has 1 aliphatic carbocycles. The Labute approximate surface area is 136 Å². The number of benzene rings is 1.